The van der Waals surface area contributed by atoms with E-state index in [0.717, 1.165) is 5.56 Å². The van der Waals surface area contributed by atoms with Gasteiger partial charge in [0.15, 0.2) is 0 Å². The van der Waals surface area contributed by atoms with E-state index in [2.05, 4.69) is 10.6 Å². The lowest BCUT2D eigenvalue weighted by molar-refractivity contribution is -0.137. The third-order valence-electron chi connectivity index (χ3n) is 3.77. The molecule has 0 aliphatic carbocycles. The number of halogens is 1. The first-order valence-electron chi connectivity index (χ1n) is 7.89. The molecule has 25 heavy (non-hydrogen) atoms. The first kappa shape index (κ1) is 17.0. The molecule has 0 spiro atoms. The first-order valence-corrected chi connectivity index (χ1v) is 8.27. The minimum Gasteiger partial charge on any atom is -0.463 e. The number of hydrogen-bond acceptors (Lipinski definition) is 4. The van der Waals surface area contributed by atoms with Crippen molar-refractivity contribution in [3.63, 3.8) is 0 Å². The van der Waals surface area contributed by atoms with Crippen molar-refractivity contribution in [2.75, 3.05) is 11.9 Å². The zero-order valence-electron chi connectivity index (χ0n) is 13.6. The average Bonchev–Trinajstić information content (AvgIpc) is 2.72. The van der Waals surface area contributed by atoms with Crippen LogP contribution in [0.3, 0.4) is 0 Å². The molecule has 1 aliphatic rings. The molecule has 1 aliphatic heterocycles. The van der Waals surface area contributed by atoms with Gasteiger partial charge in [0.2, 0.25) is 0 Å². The molecule has 5 nitrogen and oxygen atoms in total. The van der Waals surface area contributed by atoms with Gasteiger partial charge in [0.1, 0.15) is 6.04 Å². The van der Waals surface area contributed by atoms with Crippen molar-refractivity contribution < 1.29 is 14.3 Å². The molecule has 128 valence electrons. The lowest BCUT2D eigenvalue weighted by Crippen LogP contribution is -2.29. The summed E-state index contributed by atoms with van der Waals surface area (Å²) in [6, 6.07) is 13.8. The Morgan fingerprint density at radius 1 is 1.24 bits per heavy atom. The van der Waals surface area contributed by atoms with Gasteiger partial charge in [-0.05, 0) is 30.7 Å². The predicted octanol–water partition coefficient (Wildman–Crippen LogP) is 3.53. The van der Waals surface area contributed by atoms with E-state index in [-0.39, 0.29) is 12.5 Å². The molecular formula is C19H17ClN2O3. The number of carbonyl (C=O) groups excluding carboxylic acids is 2. The van der Waals surface area contributed by atoms with E-state index in [1.807, 2.05) is 30.3 Å². The lowest BCUT2D eigenvalue weighted by Gasteiger charge is -2.17. The summed E-state index contributed by atoms with van der Waals surface area (Å²) in [6.07, 6.45) is 1.35. The van der Waals surface area contributed by atoms with Crippen LogP contribution >= 0.6 is 11.6 Å². The van der Waals surface area contributed by atoms with Gasteiger partial charge in [-0.25, -0.2) is 4.79 Å². The fourth-order valence-electron chi connectivity index (χ4n) is 2.66. The summed E-state index contributed by atoms with van der Waals surface area (Å²) in [4.78, 5) is 24.6. The quantitative estimate of drug-likeness (QED) is 0.652. The van der Waals surface area contributed by atoms with Crippen LogP contribution in [0.1, 0.15) is 24.1 Å². The molecule has 1 heterocycles. The molecule has 0 fully saturated rings. The second-order valence-electron chi connectivity index (χ2n) is 5.48. The Labute approximate surface area is 150 Å². The summed E-state index contributed by atoms with van der Waals surface area (Å²) in [5.74, 6) is -0.714. The van der Waals surface area contributed by atoms with Gasteiger partial charge in [0, 0.05) is 16.7 Å². The largest absolute Gasteiger partial charge is 0.463 e. The van der Waals surface area contributed by atoms with Crippen molar-refractivity contribution in [1.29, 1.82) is 0 Å². The molecule has 2 N–H and O–H groups in total. The monoisotopic (exact) mass is 356 g/mol. The van der Waals surface area contributed by atoms with E-state index < -0.39 is 12.0 Å². The Hall–Kier alpha value is -2.79. The van der Waals surface area contributed by atoms with Crippen LogP contribution in [-0.4, -0.2) is 18.5 Å². The zero-order chi connectivity index (χ0) is 17.8. The Morgan fingerprint density at radius 3 is 2.72 bits per heavy atom. The molecule has 2 aromatic rings. The third kappa shape index (κ3) is 3.83. The van der Waals surface area contributed by atoms with Gasteiger partial charge in [0.25, 0.3) is 5.91 Å². The number of benzene rings is 2. The summed E-state index contributed by atoms with van der Waals surface area (Å²) in [7, 11) is 0. The maximum Gasteiger partial charge on any atom is 0.332 e. The highest BCUT2D eigenvalue weighted by Gasteiger charge is 2.27. The van der Waals surface area contributed by atoms with Gasteiger partial charge in [-0.3, -0.25) is 4.79 Å². The van der Waals surface area contributed by atoms with Gasteiger partial charge in [-0.15, -0.1) is 0 Å². The minimum atomic E-state index is -0.645. The van der Waals surface area contributed by atoms with Crippen LogP contribution in [0.25, 0.3) is 5.70 Å². The SMILES string of the molecule is CCOC(=O)/C=C1\NC(c2ccccc2)C(=O)Nc2cc(Cl)ccc21. The fraction of sp³-hybridized carbons (Fsp3) is 0.158. The van der Waals surface area contributed by atoms with Gasteiger partial charge < -0.3 is 15.4 Å². The van der Waals surface area contributed by atoms with E-state index in [1.165, 1.54) is 6.08 Å². The number of carbonyl (C=O) groups is 2. The van der Waals surface area contributed by atoms with Crippen molar-refractivity contribution in [3.8, 4) is 0 Å². The maximum absolute atomic E-state index is 12.7. The number of anilines is 1. The number of rotatable bonds is 3. The van der Waals surface area contributed by atoms with E-state index in [4.69, 9.17) is 16.3 Å². The average molecular weight is 357 g/mol. The summed E-state index contributed by atoms with van der Waals surface area (Å²) < 4.78 is 5.01. The minimum absolute atomic E-state index is 0.234. The zero-order valence-corrected chi connectivity index (χ0v) is 14.3. The Morgan fingerprint density at radius 2 is 2.00 bits per heavy atom. The summed E-state index contributed by atoms with van der Waals surface area (Å²) in [6.45, 7) is 2.01. The molecule has 0 saturated heterocycles. The molecule has 6 heteroatoms. The standard InChI is InChI=1S/C19H17ClN2O3/c1-2-25-17(23)11-16-14-9-8-13(20)10-15(14)22-19(24)18(21-16)12-6-4-3-5-7-12/h3-11,18,21H,2H2,1H3,(H,22,24)/b16-11-. The summed E-state index contributed by atoms with van der Waals surface area (Å²) in [5, 5.41) is 6.51. The topological polar surface area (TPSA) is 67.4 Å². The number of nitrogens with one attached hydrogen (secondary N) is 2. The van der Waals surface area contributed by atoms with Gasteiger partial charge in [-0.2, -0.15) is 0 Å². The van der Waals surface area contributed by atoms with Gasteiger partial charge in [-0.1, -0.05) is 41.9 Å². The Bertz CT molecular complexity index is 834. The number of esters is 1. The molecule has 0 radical (unpaired) electrons. The molecular weight excluding hydrogens is 340 g/mol. The molecule has 0 bridgehead atoms. The van der Waals surface area contributed by atoms with Crippen molar-refractivity contribution in [3.05, 3.63) is 70.8 Å². The highest BCUT2D eigenvalue weighted by atomic mass is 35.5. The van der Waals surface area contributed by atoms with Crippen LogP contribution in [0, 0.1) is 0 Å². The number of ether oxygens (including phenoxy) is 1. The van der Waals surface area contributed by atoms with Crippen molar-refractivity contribution >= 4 is 34.9 Å². The number of amides is 1. The lowest BCUT2D eigenvalue weighted by atomic mass is 10.1. The van der Waals surface area contributed by atoms with Crippen LogP contribution in [0.5, 0.6) is 0 Å². The van der Waals surface area contributed by atoms with Crippen molar-refractivity contribution in [2.45, 2.75) is 13.0 Å². The van der Waals surface area contributed by atoms with E-state index in [9.17, 15) is 9.59 Å². The summed E-state index contributed by atoms with van der Waals surface area (Å²) >= 11 is 6.05. The van der Waals surface area contributed by atoms with E-state index in [1.54, 1.807) is 25.1 Å². The second kappa shape index (κ2) is 7.40. The van der Waals surface area contributed by atoms with E-state index in [0.29, 0.717) is 22.0 Å². The van der Waals surface area contributed by atoms with Gasteiger partial charge in [0.05, 0.1) is 18.0 Å². The highest BCUT2D eigenvalue weighted by molar-refractivity contribution is 6.31. The maximum atomic E-state index is 12.7. The van der Waals surface area contributed by atoms with Gasteiger partial charge >= 0.3 is 5.97 Å². The number of fused-ring (bicyclic) bond motifs is 1. The Kier molecular flexibility index (Phi) is 5.05. The summed E-state index contributed by atoms with van der Waals surface area (Å²) in [5.41, 5.74) is 2.49. The van der Waals surface area contributed by atoms with Crippen LogP contribution < -0.4 is 10.6 Å². The molecule has 0 saturated carbocycles. The third-order valence-corrected chi connectivity index (χ3v) is 4.01. The number of hydrogen-bond donors (Lipinski definition) is 2. The fourth-order valence-corrected chi connectivity index (χ4v) is 2.83. The van der Waals surface area contributed by atoms with Crippen LogP contribution in [0.2, 0.25) is 5.02 Å². The molecule has 1 amide bonds. The molecule has 3 rings (SSSR count). The Balaban J connectivity index is 2.07. The molecule has 0 aromatic heterocycles. The van der Waals surface area contributed by atoms with Crippen molar-refractivity contribution in [2.24, 2.45) is 0 Å². The van der Waals surface area contributed by atoms with Crippen molar-refractivity contribution in [1.82, 2.24) is 5.32 Å². The molecule has 1 atom stereocenters. The van der Waals surface area contributed by atoms with Crippen LogP contribution in [-0.2, 0) is 14.3 Å². The molecule has 2 aromatic carbocycles. The van der Waals surface area contributed by atoms with E-state index >= 15 is 0 Å². The smallest absolute Gasteiger partial charge is 0.332 e. The molecule has 1 unspecified atom stereocenters. The van der Waals surface area contributed by atoms with Crippen LogP contribution in [0.15, 0.2) is 54.6 Å². The predicted molar refractivity (Wildman–Crippen MR) is 97.0 cm³/mol. The highest BCUT2D eigenvalue weighted by Crippen LogP contribution is 2.32. The normalized spacial score (nSPS) is 17.9. The first-order chi connectivity index (χ1) is 12.1. The van der Waals surface area contributed by atoms with Crippen LogP contribution in [0.4, 0.5) is 5.69 Å². The second-order valence-corrected chi connectivity index (χ2v) is 5.91.